The van der Waals surface area contributed by atoms with Crippen molar-refractivity contribution in [1.82, 2.24) is 0 Å². The van der Waals surface area contributed by atoms with Crippen molar-refractivity contribution in [2.45, 2.75) is 91.2 Å². The molecular weight excluding hydrogens is 380 g/mol. The van der Waals surface area contributed by atoms with E-state index in [1.165, 1.54) is 0 Å². The molecule has 8 nitrogen and oxygen atoms in total. The van der Waals surface area contributed by atoms with Crippen molar-refractivity contribution in [2.75, 3.05) is 46.2 Å². The average Bonchev–Trinajstić information content (AvgIpc) is 2.69. The molecule has 0 rings (SSSR count). The highest BCUT2D eigenvalue weighted by Crippen LogP contribution is 2.04. The maximum absolute atomic E-state index is 9.21. The molecule has 0 aliphatic heterocycles. The summed E-state index contributed by atoms with van der Waals surface area (Å²) in [6, 6.07) is 0. The lowest BCUT2D eigenvalue weighted by Crippen LogP contribution is -2.30. The van der Waals surface area contributed by atoms with Gasteiger partial charge >= 0.3 is 0 Å². The summed E-state index contributed by atoms with van der Waals surface area (Å²) in [5.41, 5.74) is 0. The molecule has 0 spiro atoms. The van der Waals surface area contributed by atoms with E-state index in [0.29, 0.717) is 39.6 Å². The number of hydrogen-bond donors (Lipinski definition) is 2. The summed E-state index contributed by atoms with van der Waals surface area (Å²) in [7, 11) is 0. The normalized spacial score (nSPS) is 19.3. The van der Waals surface area contributed by atoms with Gasteiger partial charge in [-0.3, -0.25) is 0 Å². The van der Waals surface area contributed by atoms with Gasteiger partial charge in [0.25, 0.3) is 0 Å². The minimum absolute atomic E-state index is 0.00355. The predicted molar refractivity (Wildman–Crippen MR) is 111 cm³/mol. The zero-order chi connectivity index (χ0) is 22.2. The standard InChI is InChI=1S/C21H44O8/c1-15(23)9-24-17(3)11-26-19(5)13-28-21(7)14-29-20(6)12-27-18(4)10-25-16(2)8-22/h15-23H,8-14H2,1-7H3/t15-,16-,17+,18-,19-,20-,21-/m1/s1. The Kier molecular flexibility index (Phi) is 17.2. The van der Waals surface area contributed by atoms with Crippen LogP contribution in [0.1, 0.15) is 48.5 Å². The first-order chi connectivity index (χ1) is 13.6. The van der Waals surface area contributed by atoms with Gasteiger partial charge in [0.1, 0.15) is 0 Å². The zero-order valence-electron chi connectivity index (χ0n) is 19.3. The zero-order valence-corrected chi connectivity index (χ0v) is 19.3. The molecule has 7 atom stereocenters. The van der Waals surface area contributed by atoms with Crippen LogP contribution in [0, 0.1) is 0 Å². The molecule has 0 aliphatic carbocycles. The van der Waals surface area contributed by atoms with Crippen molar-refractivity contribution in [3.05, 3.63) is 0 Å². The van der Waals surface area contributed by atoms with E-state index in [9.17, 15) is 5.11 Å². The summed E-state index contributed by atoms with van der Waals surface area (Å²) >= 11 is 0. The molecule has 0 radical (unpaired) electrons. The van der Waals surface area contributed by atoms with E-state index in [1.807, 2.05) is 41.5 Å². The molecule has 8 heteroatoms. The van der Waals surface area contributed by atoms with Crippen LogP contribution in [0.2, 0.25) is 0 Å². The highest BCUT2D eigenvalue weighted by atomic mass is 16.6. The van der Waals surface area contributed by atoms with Crippen LogP contribution >= 0.6 is 0 Å². The van der Waals surface area contributed by atoms with Crippen LogP contribution in [0.3, 0.4) is 0 Å². The molecule has 0 saturated carbocycles. The van der Waals surface area contributed by atoms with Crippen molar-refractivity contribution in [2.24, 2.45) is 0 Å². The second-order valence-corrected chi connectivity index (χ2v) is 7.90. The van der Waals surface area contributed by atoms with Crippen LogP contribution in [0.4, 0.5) is 0 Å². The summed E-state index contributed by atoms with van der Waals surface area (Å²) in [5, 5.41) is 18.1. The third kappa shape index (κ3) is 18.2. The number of aliphatic hydroxyl groups is 2. The fourth-order valence-electron chi connectivity index (χ4n) is 2.10. The van der Waals surface area contributed by atoms with Gasteiger partial charge in [0.05, 0.1) is 89.0 Å². The third-order valence-electron chi connectivity index (χ3n) is 3.96. The topological polar surface area (TPSA) is 95.8 Å². The highest BCUT2D eigenvalue weighted by molar-refractivity contribution is 4.58. The van der Waals surface area contributed by atoms with E-state index in [2.05, 4.69) is 0 Å². The summed E-state index contributed by atoms with van der Waals surface area (Å²) in [4.78, 5) is 0. The molecule has 0 aliphatic rings. The van der Waals surface area contributed by atoms with Crippen LogP contribution in [-0.4, -0.2) is 99.2 Å². The molecule has 0 amide bonds. The lowest BCUT2D eigenvalue weighted by atomic mass is 10.3. The molecule has 0 heterocycles. The summed E-state index contributed by atoms with van der Waals surface area (Å²) in [5.74, 6) is 0. The molecule has 0 bridgehead atoms. The van der Waals surface area contributed by atoms with Gasteiger partial charge in [-0.1, -0.05) is 0 Å². The van der Waals surface area contributed by atoms with E-state index in [0.717, 1.165) is 0 Å². The number of aliphatic hydroxyl groups excluding tert-OH is 2. The first-order valence-corrected chi connectivity index (χ1v) is 10.6. The van der Waals surface area contributed by atoms with E-state index in [4.69, 9.17) is 33.5 Å². The fraction of sp³-hybridized carbons (Fsp3) is 1.00. The molecule has 2 N–H and O–H groups in total. The van der Waals surface area contributed by atoms with E-state index >= 15 is 0 Å². The molecule has 0 unspecified atom stereocenters. The second-order valence-electron chi connectivity index (χ2n) is 7.90. The monoisotopic (exact) mass is 424 g/mol. The van der Waals surface area contributed by atoms with Crippen molar-refractivity contribution in [3.8, 4) is 0 Å². The second kappa shape index (κ2) is 17.4. The lowest BCUT2D eigenvalue weighted by molar-refractivity contribution is -0.105. The van der Waals surface area contributed by atoms with E-state index in [1.54, 1.807) is 6.92 Å². The Labute approximate surface area is 176 Å². The van der Waals surface area contributed by atoms with Gasteiger partial charge in [-0.15, -0.1) is 0 Å². The van der Waals surface area contributed by atoms with Gasteiger partial charge in [-0.2, -0.15) is 0 Å². The van der Waals surface area contributed by atoms with Crippen molar-refractivity contribution in [1.29, 1.82) is 0 Å². The Balaban J connectivity index is 3.76. The minimum Gasteiger partial charge on any atom is -0.394 e. The predicted octanol–water partition coefficient (Wildman–Crippen LogP) is 1.79. The Morgan fingerprint density at radius 3 is 0.931 bits per heavy atom. The first kappa shape index (κ1) is 28.7. The molecule has 0 aromatic heterocycles. The Hall–Kier alpha value is -0.320. The Morgan fingerprint density at radius 2 is 0.690 bits per heavy atom. The molecule has 0 fully saturated rings. The summed E-state index contributed by atoms with van der Waals surface area (Å²) in [6.07, 6.45) is -0.963. The van der Waals surface area contributed by atoms with Crippen LogP contribution < -0.4 is 0 Å². The molecule has 0 aromatic rings. The van der Waals surface area contributed by atoms with Crippen LogP contribution in [0.15, 0.2) is 0 Å². The largest absolute Gasteiger partial charge is 0.394 e. The fourth-order valence-corrected chi connectivity index (χ4v) is 2.10. The van der Waals surface area contributed by atoms with Crippen molar-refractivity contribution < 1.29 is 38.6 Å². The molecular formula is C21H44O8. The maximum Gasteiger partial charge on any atom is 0.0781 e. The van der Waals surface area contributed by atoms with Gasteiger partial charge in [0, 0.05) is 0 Å². The molecule has 0 aromatic carbocycles. The van der Waals surface area contributed by atoms with Gasteiger partial charge in [0.2, 0.25) is 0 Å². The average molecular weight is 425 g/mol. The van der Waals surface area contributed by atoms with Crippen molar-refractivity contribution >= 4 is 0 Å². The SMILES string of the molecule is C[C@H](CO)OC[C@@H](C)OC[C@@H](C)OC[C@@H](C)OC[C@@H](C)OC[C@H](C)OC[C@@H](C)O. The van der Waals surface area contributed by atoms with Gasteiger partial charge in [-0.25, -0.2) is 0 Å². The smallest absolute Gasteiger partial charge is 0.0781 e. The van der Waals surface area contributed by atoms with Gasteiger partial charge in [-0.05, 0) is 48.5 Å². The number of ether oxygens (including phenoxy) is 6. The summed E-state index contributed by atoms with van der Waals surface area (Å²) in [6.45, 7) is 15.8. The van der Waals surface area contributed by atoms with Gasteiger partial charge in [0.15, 0.2) is 0 Å². The van der Waals surface area contributed by atoms with E-state index < -0.39 is 6.10 Å². The van der Waals surface area contributed by atoms with Crippen LogP contribution in [0.25, 0.3) is 0 Å². The molecule has 0 saturated heterocycles. The molecule has 176 valence electrons. The number of hydrogen-bond acceptors (Lipinski definition) is 8. The Bertz CT molecular complexity index is 369. The third-order valence-corrected chi connectivity index (χ3v) is 3.96. The van der Waals surface area contributed by atoms with Gasteiger partial charge < -0.3 is 38.6 Å². The molecule has 29 heavy (non-hydrogen) atoms. The maximum atomic E-state index is 9.21. The van der Waals surface area contributed by atoms with Crippen LogP contribution in [0.5, 0.6) is 0 Å². The van der Waals surface area contributed by atoms with Crippen LogP contribution in [-0.2, 0) is 28.4 Å². The number of rotatable bonds is 19. The highest BCUT2D eigenvalue weighted by Gasteiger charge is 2.13. The minimum atomic E-state index is -0.474. The van der Waals surface area contributed by atoms with E-state index in [-0.39, 0.29) is 43.2 Å². The van der Waals surface area contributed by atoms with Crippen molar-refractivity contribution in [3.63, 3.8) is 0 Å². The Morgan fingerprint density at radius 1 is 0.448 bits per heavy atom. The summed E-state index contributed by atoms with van der Waals surface area (Å²) < 4.78 is 33.8. The lowest BCUT2D eigenvalue weighted by Gasteiger charge is -2.22. The first-order valence-electron chi connectivity index (χ1n) is 10.6. The quantitative estimate of drug-likeness (QED) is 0.324.